The van der Waals surface area contributed by atoms with Crippen LogP contribution >= 0.6 is 0 Å². The Morgan fingerprint density at radius 3 is 2.65 bits per heavy atom. The van der Waals surface area contributed by atoms with Gasteiger partial charge in [-0.25, -0.2) is 4.98 Å². The Balaban J connectivity index is 1.98. The summed E-state index contributed by atoms with van der Waals surface area (Å²) in [6, 6.07) is 0.165. The molecule has 0 aliphatic rings. The topological polar surface area (TPSA) is 101 Å². The third kappa shape index (κ3) is 4.16. The molecule has 0 atom stereocenters. The molecular weight excluding hydrogens is 260 g/mol. The molecule has 2 rings (SSSR count). The first kappa shape index (κ1) is 14.2. The van der Waals surface area contributed by atoms with E-state index in [0.29, 0.717) is 19.2 Å². The lowest BCUT2D eigenvalue weighted by molar-refractivity contribution is -0.0173. The highest BCUT2D eigenvalue weighted by Crippen LogP contribution is 2.10. The molecule has 0 aliphatic heterocycles. The second-order valence-corrected chi connectivity index (χ2v) is 5.06. The summed E-state index contributed by atoms with van der Waals surface area (Å²) in [5, 5.41) is 0. The van der Waals surface area contributed by atoms with E-state index >= 15 is 0 Å². The number of ether oxygens (including phenoxy) is 2. The average Bonchev–Trinajstić information content (AvgIpc) is 2.86. The van der Waals surface area contributed by atoms with Gasteiger partial charge < -0.3 is 15.2 Å². The van der Waals surface area contributed by atoms with Crippen LogP contribution in [0.25, 0.3) is 5.95 Å². The molecule has 20 heavy (non-hydrogen) atoms. The molecule has 0 saturated heterocycles. The molecule has 0 aliphatic carbocycles. The van der Waals surface area contributed by atoms with Crippen LogP contribution in [0.5, 0.6) is 6.01 Å². The van der Waals surface area contributed by atoms with E-state index in [1.54, 1.807) is 23.3 Å². The van der Waals surface area contributed by atoms with Crippen LogP contribution in [0.3, 0.4) is 0 Å². The van der Waals surface area contributed by atoms with E-state index in [1.807, 2.05) is 20.8 Å². The molecule has 2 aromatic rings. The van der Waals surface area contributed by atoms with E-state index in [4.69, 9.17) is 15.2 Å². The lowest BCUT2D eigenvalue weighted by Crippen LogP contribution is -2.23. The molecule has 8 heteroatoms. The van der Waals surface area contributed by atoms with Crippen LogP contribution in [0.2, 0.25) is 0 Å². The quantitative estimate of drug-likeness (QED) is 0.808. The summed E-state index contributed by atoms with van der Waals surface area (Å²) in [6.45, 7) is 6.71. The van der Waals surface area contributed by atoms with Gasteiger partial charge in [0.1, 0.15) is 12.9 Å². The van der Waals surface area contributed by atoms with Crippen molar-refractivity contribution in [3.05, 3.63) is 18.7 Å². The summed E-state index contributed by atoms with van der Waals surface area (Å²) in [5.74, 6) is 0.456. The third-order valence-corrected chi connectivity index (χ3v) is 2.21. The maximum absolute atomic E-state index is 5.63. The zero-order valence-electron chi connectivity index (χ0n) is 11.8. The minimum Gasteiger partial charge on any atom is -0.461 e. The predicted molar refractivity (Wildman–Crippen MR) is 72.6 cm³/mol. The highest BCUT2D eigenvalue weighted by molar-refractivity contribution is 5.24. The minimum atomic E-state index is -0.205. The number of nitrogen functional groups attached to an aromatic ring is 1. The molecule has 0 aromatic carbocycles. The molecule has 0 amide bonds. The van der Waals surface area contributed by atoms with E-state index in [2.05, 4.69) is 19.9 Å². The lowest BCUT2D eigenvalue weighted by atomic mass is 10.2. The van der Waals surface area contributed by atoms with Crippen molar-refractivity contribution in [2.75, 3.05) is 18.9 Å². The van der Waals surface area contributed by atoms with Gasteiger partial charge in [0.15, 0.2) is 0 Å². The van der Waals surface area contributed by atoms with Crippen LogP contribution in [0, 0.1) is 0 Å². The molecule has 2 heterocycles. The lowest BCUT2D eigenvalue weighted by Gasteiger charge is -2.19. The van der Waals surface area contributed by atoms with Crippen LogP contribution in [-0.2, 0) is 4.74 Å². The summed E-state index contributed by atoms with van der Waals surface area (Å²) < 4.78 is 12.6. The number of nitrogens with two attached hydrogens (primary N) is 1. The fourth-order valence-corrected chi connectivity index (χ4v) is 1.40. The zero-order chi connectivity index (χ0) is 14.6. The molecule has 0 saturated carbocycles. The molecule has 108 valence electrons. The summed E-state index contributed by atoms with van der Waals surface area (Å²) in [5.41, 5.74) is 5.43. The molecule has 2 aromatic heterocycles. The van der Waals surface area contributed by atoms with Gasteiger partial charge in [-0.05, 0) is 20.8 Å². The Kier molecular flexibility index (Phi) is 4.14. The van der Waals surface area contributed by atoms with Crippen molar-refractivity contribution < 1.29 is 9.47 Å². The summed E-state index contributed by atoms with van der Waals surface area (Å²) in [6.07, 6.45) is 4.90. The van der Waals surface area contributed by atoms with Gasteiger partial charge in [0, 0.05) is 12.4 Å². The number of nitrogens with zero attached hydrogens (tertiary/aromatic N) is 5. The monoisotopic (exact) mass is 278 g/mol. The van der Waals surface area contributed by atoms with Gasteiger partial charge in [-0.3, -0.25) is 4.57 Å². The SMILES string of the molecule is CC(C)(C)OCCOc1nc(N)nc(-n2ccnc2)n1. The number of hydrogen-bond donors (Lipinski definition) is 1. The number of hydrogen-bond acceptors (Lipinski definition) is 7. The van der Waals surface area contributed by atoms with Gasteiger partial charge in [-0.15, -0.1) is 0 Å². The average molecular weight is 278 g/mol. The van der Waals surface area contributed by atoms with E-state index in [1.165, 1.54) is 0 Å². The fourth-order valence-electron chi connectivity index (χ4n) is 1.40. The molecule has 0 fully saturated rings. The number of rotatable bonds is 5. The summed E-state index contributed by atoms with van der Waals surface area (Å²) >= 11 is 0. The van der Waals surface area contributed by atoms with Crippen molar-refractivity contribution in [1.29, 1.82) is 0 Å². The molecule has 0 unspecified atom stereocenters. The Morgan fingerprint density at radius 2 is 2.00 bits per heavy atom. The summed E-state index contributed by atoms with van der Waals surface area (Å²) in [7, 11) is 0. The van der Waals surface area contributed by atoms with Gasteiger partial charge in [-0.1, -0.05) is 0 Å². The van der Waals surface area contributed by atoms with E-state index in [9.17, 15) is 0 Å². The second kappa shape index (κ2) is 5.83. The Hall–Kier alpha value is -2.22. The first-order chi connectivity index (χ1) is 9.44. The van der Waals surface area contributed by atoms with Crippen molar-refractivity contribution in [3.63, 3.8) is 0 Å². The van der Waals surface area contributed by atoms with Gasteiger partial charge in [-0.2, -0.15) is 15.0 Å². The van der Waals surface area contributed by atoms with Crippen LogP contribution in [0.1, 0.15) is 20.8 Å². The van der Waals surface area contributed by atoms with Gasteiger partial charge in [0.2, 0.25) is 11.9 Å². The Labute approximate surface area is 117 Å². The molecule has 0 bridgehead atoms. The number of imidazole rings is 1. The van der Waals surface area contributed by atoms with Crippen LogP contribution in [-0.4, -0.2) is 43.3 Å². The maximum atomic E-state index is 5.63. The predicted octanol–water partition coefficient (Wildman–Crippen LogP) is 0.833. The van der Waals surface area contributed by atoms with Crippen molar-refractivity contribution in [2.45, 2.75) is 26.4 Å². The summed E-state index contributed by atoms with van der Waals surface area (Å²) in [4.78, 5) is 16.0. The minimum absolute atomic E-state index is 0.0930. The van der Waals surface area contributed by atoms with Gasteiger partial charge in [0.25, 0.3) is 0 Å². The van der Waals surface area contributed by atoms with Gasteiger partial charge in [0.05, 0.1) is 12.2 Å². The molecular formula is C12H18N6O2. The van der Waals surface area contributed by atoms with E-state index in [-0.39, 0.29) is 17.6 Å². The van der Waals surface area contributed by atoms with Crippen LogP contribution < -0.4 is 10.5 Å². The highest BCUT2D eigenvalue weighted by Gasteiger charge is 2.11. The number of anilines is 1. The molecule has 0 radical (unpaired) electrons. The molecule has 8 nitrogen and oxygen atoms in total. The van der Waals surface area contributed by atoms with Crippen LogP contribution in [0.15, 0.2) is 18.7 Å². The van der Waals surface area contributed by atoms with Crippen molar-refractivity contribution in [1.82, 2.24) is 24.5 Å². The van der Waals surface area contributed by atoms with Gasteiger partial charge >= 0.3 is 6.01 Å². The smallest absolute Gasteiger partial charge is 0.323 e. The fraction of sp³-hybridized carbons (Fsp3) is 0.500. The second-order valence-electron chi connectivity index (χ2n) is 5.06. The first-order valence-electron chi connectivity index (χ1n) is 6.21. The Morgan fingerprint density at radius 1 is 1.20 bits per heavy atom. The van der Waals surface area contributed by atoms with Crippen molar-refractivity contribution in [3.8, 4) is 12.0 Å². The normalized spacial score (nSPS) is 11.6. The Bertz CT molecular complexity index is 550. The molecule has 0 spiro atoms. The maximum Gasteiger partial charge on any atom is 0.323 e. The van der Waals surface area contributed by atoms with Crippen LogP contribution in [0.4, 0.5) is 5.95 Å². The first-order valence-corrected chi connectivity index (χ1v) is 6.21. The van der Waals surface area contributed by atoms with E-state index < -0.39 is 0 Å². The molecule has 2 N–H and O–H groups in total. The third-order valence-electron chi connectivity index (χ3n) is 2.21. The largest absolute Gasteiger partial charge is 0.461 e. The van der Waals surface area contributed by atoms with E-state index in [0.717, 1.165) is 0 Å². The standard InChI is InChI=1S/C12H18N6O2/c1-12(2,3)20-7-6-19-11-16-9(13)15-10(17-11)18-5-4-14-8-18/h4-5,8H,6-7H2,1-3H3,(H2,13,15,16,17). The zero-order valence-corrected chi connectivity index (χ0v) is 11.8. The van der Waals surface area contributed by atoms with Crippen molar-refractivity contribution >= 4 is 5.95 Å². The highest BCUT2D eigenvalue weighted by atomic mass is 16.5. The van der Waals surface area contributed by atoms with Crippen molar-refractivity contribution in [2.24, 2.45) is 0 Å². The number of aromatic nitrogens is 5.